The van der Waals surface area contributed by atoms with E-state index >= 15 is 0 Å². The van der Waals surface area contributed by atoms with Gasteiger partial charge in [0.05, 0.1) is 29.3 Å². The van der Waals surface area contributed by atoms with E-state index in [2.05, 4.69) is 43.5 Å². The van der Waals surface area contributed by atoms with Gasteiger partial charge in [-0.1, -0.05) is 6.92 Å². The molecule has 6 aromatic heterocycles. The Balaban J connectivity index is 1.44. The smallest absolute Gasteiger partial charge is 0.161 e. The minimum absolute atomic E-state index is 0.623. The van der Waals surface area contributed by atoms with Crippen LogP contribution < -0.4 is 5.32 Å². The van der Waals surface area contributed by atoms with Crippen molar-refractivity contribution in [3.8, 4) is 34.0 Å². The molecule has 33 heavy (non-hydrogen) atoms. The maximum absolute atomic E-state index is 5.23. The Morgan fingerprint density at radius 2 is 1.91 bits per heavy atom. The van der Waals surface area contributed by atoms with Crippen LogP contribution >= 0.6 is 0 Å². The SMILES string of the molecule is CCNCc1cncc(-c2ccc3[nH]nc(-c4nc5c(-c6ccoc6)nccc5[nH]4)c3n2)c1. The van der Waals surface area contributed by atoms with Gasteiger partial charge < -0.3 is 14.7 Å². The highest BCUT2D eigenvalue weighted by molar-refractivity contribution is 5.94. The summed E-state index contributed by atoms with van der Waals surface area (Å²) in [5.41, 5.74) is 8.35. The third-order valence-electron chi connectivity index (χ3n) is 5.50. The largest absolute Gasteiger partial charge is 0.472 e. The molecule has 0 radical (unpaired) electrons. The van der Waals surface area contributed by atoms with Crippen LogP contribution in [0.1, 0.15) is 12.5 Å². The van der Waals surface area contributed by atoms with Crippen LogP contribution in [0.3, 0.4) is 0 Å². The number of aromatic amines is 2. The van der Waals surface area contributed by atoms with E-state index in [1.807, 2.05) is 36.7 Å². The predicted molar refractivity (Wildman–Crippen MR) is 125 cm³/mol. The molecule has 0 saturated carbocycles. The first kappa shape index (κ1) is 19.3. The topological polar surface area (TPSA) is 121 Å². The number of imidazole rings is 1. The molecule has 6 rings (SSSR count). The minimum atomic E-state index is 0.623. The number of pyridine rings is 3. The maximum Gasteiger partial charge on any atom is 0.161 e. The van der Waals surface area contributed by atoms with Crippen LogP contribution in [0, 0.1) is 0 Å². The van der Waals surface area contributed by atoms with Gasteiger partial charge >= 0.3 is 0 Å². The van der Waals surface area contributed by atoms with Gasteiger partial charge in [0.2, 0.25) is 0 Å². The molecule has 0 unspecified atom stereocenters. The monoisotopic (exact) mass is 436 g/mol. The number of hydrogen-bond donors (Lipinski definition) is 3. The average molecular weight is 436 g/mol. The number of nitrogens with one attached hydrogen (secondary N) is 3. The number of H-pyrrole nitrogens is 2. The molecular formula is C24H20N8O. The molecule has 0 spiro atoms. The Morgan fingerprint density at radius 3 is 2.79 bits per heavy atom. The fraction of sp³-hybridized carbons (Fsp3) is 0.125. The van der Waals surface area contributed by atoms with Crippen LogP contribution in [-0.4, -0.2) is 41.7 Å². The third-order valence-corrected chi connectivity index (χ3v) is 5.50. The Hall–Kier alpha value is -4.37. The van der Waals surface area contributed by atoms with Crippen molar-refractivity contribution in [2.75, 3.05) is 6.54 Å². The lowest BCUT2D eigenvalue weighted by Crippen LogP contribution is -2.11. The Kier molecular flexibility index (Phi) is 4.66. The molecule has 0 saturated heterocycles. The predicted octanol–water partition coefficient (Wildman–Crippen LogP) is 4.33. The van der Waals surface area contributed by atoms with Crippen molar-refractivity contribution in [1.29, 1.82) is 0 Å². The molecule has 0 aliphatic carbocycles. The van der Waals surface area contributed by atoms with Crippen LogP contribution in [-0.2, 0) is 6.54 Å². The second kappa shape index (κ2) is 7.95. The molecule has 3 N–H and O–H groups in total. The molecule has 0 bridgehead atoms. The highest BCUT2D eigenvalue weighted by Crippen LogP contribution is 2.30. The molecule has 6 heterocycles. The number of fused-ring (bicyclic) bond motifs is 2. The summed E-state index contributed by atoms with van der Waals surface area (Å²) >= 11 is 0. The number of rotatable bonds is 6. The summed E-state index contributed by atoms with van der Waals surface area (Å²) in [7, 11) is 0. The number of aromatic nitrogens is 7. The Bertz CT molecular complexity index is 1560. The van der Waals surface area contributed by atoms with Gasteiger partial charge in [0.1, 0.15) is 16.7 Å². The summed E-state index contributed by atoms with van der Waals surface area (Å²) in [6.07, 6.45) is 8.73. The average Bonchev–Trinajstić information content (AvgIpc) is 3.61. The summed E-state index contributed by atoms with van der Waals surface area (Å²) in [5, 5.41) is 10.9. The zero-order valence-electron chi connectivity index (χ0n) is 17.8. The summed E-state index contributed by atoms with van der Waals surface area (Å²) in [6, 6.07) is 9.81. The van der Waals surface area contributed by atoms with Gasteiger partial charge in [-0.05, 0) is 42.4 Å². The number of hydrogen-bond acceptors (Lipinski definition) is 7. The summed E-state index contributed by atoms with van der Waals surface area (Å²) in [4.78, 5) is 21.9. The van der Waals surface area contributed by atoms with Crippen LogP contribution in [0.15, 0.2) is 65.9 Å². The van der Waals surface area contributed by atoms with Crippen molar-refractivity contribution in [3.05, 3.63) is 67.0 Å². The number of nitrogens with zero attached hydrogens (tertiary/aromatic N) is 5. The maximum atomic E-state index is 5.23. The first-order valence-corrected chi connectivity index (χ1v) is 10.7. The van der Waals surface area contributed by atoms with Gasteiger partial charge in [-0.15, -0.1) is 0 Å². The van der Waals surface area contributed by atoms with Crippen LogP contribution in [0.2, 0.25) is 0 Å². The van der Waals surface area contributed by atoms with E-state index < -0.39 is 0 Å². The van der Waals surface area contributed by atoms with E-state index in [-0.39, 0.29) is 0 Å². The highest BCUT2D eigenvalue weighted by Gasteiger charge is 2.17. The van der Waals surface area contributed by atoms with Crippen molar-refractivity contribution < 1.29 is 4.42 Å². The van der Waals surface area contributed by atoms with E-state index in [1.165, 1.54) is 0 Å². The van der Waals surface area contributed by atoms with Gasteiger partial charge in [-0.25, -0.2) is 9.97 Å². The molecule has 0 fully saturated rings. The molecule has 0 aliphatic rings. The zero-order chi connectivity index (χ0) is 22.2. The molecule has 0 atom stereocenters. The summed E-state index contributed by atoms with van der Waals surface area (Å²) in [5.74, 6) is 0.623. The fourth-order valence-corrected chi connectivity index (χ4v) is 3.88. The van der Waals surface area contributed by atoms with E-state index in [1.54, 1.807) is 18.7 Å². The molecule has 0 amide bonds. The number of furan rings is 1. The Labute approximate surface area is 188 Å². The summed E-state index contributed by atoms with van der Waals surface area (Å²) in [6.45, 7) is 3.75. The van der Waals surface area contributed by atoms with Crippen LogP contribution in [0.5, 0.6) is 0 Å². The third kappa shape index (κ3) is 3.44. The molecule has 0 aromatic carbocycles. The zero-order valence-corrected chi connectivity index (χ0v) is 17.8. The van der Waals surface area contributed by atoms with E-state index in [4.69, 9.17) is 14.4 Å². The van der Waals surface area contributed by atoms with Crippen molar-refractivity contribution in [3.63, 3.8) is 0 Å². The molecule has 9 heteroatoms. The second-order valence-corrected chi connectivity index (χ2v) is 7.68. The van der Waals surface area contributed by atoms with E-state index in [0.29, 0.717) is 11.5 Å². The lowest BCUT2D eigenvalue weighted by molar-refractivity contribution is 0.568. The van der Waals surface area contributed by atoms with Gasteiger partial charge in [-0.3, -0.25) is 15.1 Å². The van der Waals surface area contributed by atoms with E-state index in [0.717, 1.165) is 63.2 Å². The normalized spacial score (nSPS) is 11.5. The van der Waals surface area contributed by atoms with Crippen molar-refractivity contribution >= 4 is 22.1 Å². The summed E-state index contributed by atoms with van der Waals surface area (Å²) < 4.78 is 5.23. The van der Waals surface area contributed by atoms with Crippen molar-refractivity contribution in [2.45, 2.75) is 13.5 Å². The molecule has 9 nitrogen and oxygen atoms in total. The van der Waals surface area contributed by atoms with Gasteiger partial charge in [-0.2, -0.15) is 5.10 Å². The highest BCUT2D eigenvalue weighted by atomic mass is 16.3. The quantitative estimate of drug-likeness (QED) is 0.355. The second-order valence-electron chi connectivity index (χ2n) is 7.68. The fourth-order valence-electron chi connectivity index (χ4n) is 3.88. The van der Waals surface area contributed by atoms with Crippen molar-refractivity contribution in [2.24, 2.45) is 0 Å². The van der Waals surface area contributed by atoms with Gasteiger partial charge in [0, 0.05) is 36.3 Å². The lowest BCUT2D eigenvalue weighted by Gasteiger charge is -2.05. The van der Waals surface area contributed by atoms with Gasteiger partial charge in [0.25, 0.3) is 0 Å². The first-order valence-electron chi connectivity index (χ1n) is 10.7. The molecule has 0 aliphatic heterocycles. The van der Waals surface area contributed by atoms with Crippen molar-refractivity contribution in [1.82, 2.24) is 40.4 Å². The van der Waals surface area contributed by atoms with E-state index in [9.17, 15) is 0 Å². The molecular weight excluding hydrogens is 416 g/mol. The van der Waals surface area contributed by atoms with Crippen LogP contribution in [0.25, 0.3) is 56.1 Å². The standard InChI is InChI=1S/C24H20N8O/c1-2-25-10-14-9-16(12-26-11-14)17-3-4-19-22(28-17)23(32-31-19)24-29-18-5-7-27-20(21(18)30-24)15-6-8-33-13-15/h3-9,11-13,25H,2,10H2,1H3,(H,29,30)(H,31,32). The molecule has 162 valence electrons. The minimum Gasteiger partial charge on any atom is -0.472 e. The van der Waals surface area contributed by atoms with Gasteiger partial charge in [0.15, 0.2) is 11.5 Å². The first-order chi connectivity index (χ1) is 16.3. The lowest BCUT2D eigenvalue weighted by atomic mass is 10.1. The Morgan fingerprint density at radius 1 is 0.970 bits per heavy atom. The molecule has 6 aromatic rings. The van der Waals surface area contributed by atoms with Crippen LogP contribution in [0.4, 0.5) is 0 Å².